The van der Waals surface area contributed by atoms with E-state index in [1.54, 1.807) is 0 Å². The number of alkyl halides is 3. The van der Waals surface area contributed by atoms with E-state index in [2.05, 4.69) is 9.47 Å². The second-order valence-electron chi connectivity index (χ2n) is 2.84. The Labute approximate surface area is 98.9 Å². The minimum atomic E-state index is -4.99. The molecule has 0 saturated heterocycles. The highest BCUT2D eigenvalue weighted by atomic mass is 19.4. The molecular formula is C8H3F9O2. The van der Waals surface area contributed by atoms with Gasteiger partial charge in [-0.1, -0.05) is 0 Å². The molecule has 0 aromatic heterocycles. The van der Waals surface area contributed by atoms with Crippen molar-refractivity contribution in [1.82, 2.24) is 0 Å². The third-order valence-electron chi connectivity index (χ3n) is 1.43. The molecular weight excluding hydrogens is 299 g/mol. The number of halogens is 9. The summed E-state index contributed by atoms with van der Waals surface area (Å²) in [4.78, 5) is 0. The first kappa shape index (κ1) is 17.2. The van der Waals surface area contributed by atoms with Gasteiger partial charge in [-0.25, -0.2) is 0 Å². The Bertz CT molecular complexity index is 396. The monoisotopic (exact) mass is 302 g/mol. The Morgan fingerprint density at radius 3 is 1.37 bits per heavy atom. The summed E-state index contributed by atoms with van der Waals surface area (Å²) in [5.41, 5.74) is 0.472. The summed E-state index contributed by atoms with van der Waals surface area (Å²) in [7, 11) is 0. The van der Waals surface area contributed by atoms with E-state index in [1.807, 2.05) is 0 Å². The molecule has 110 valence electrons. The first-order valence-corrected chi connectivity index (χ1v) is 4.02. The molecule has 2 nitrogen and oxygen atoms in total. The van der Waals surface area contributed by atoms with Crippen molar-refractivity contribution in [3.8, 4) is 0 Å². The van der Waals surface area contributed by atoms with Gasteiger partial charge in [-0.2, -0.15) is 39.5 Å². The van der Waals surface area contributed by atoms with Crippen LogP contribution in [0.2, 0.25) is 0 Å². The van der Waals surface area contributed by atoms with E-state index < -0.39 is 36.2 Å². The molecule has 0 aromatic rings. The molecule has 0 bridgehead atoms. The lowest BCUT2D eigenvalue weighted by Gasteiger charge is -2.24. The number of rotatable bonds is 0. The van der Waals surface area contributed by atoms with Gasteiger partial charge in [0.1, 0.15) is 0 Å². The highest BCUT2D eigenvalue weighted by Crippen LogP contribution is 2.43. The Balaban J connectivity index is 0.000000399. The predicted octanol–water partition coefficient (Wildman–Crippen LogP) is 4.52. The number of hydrogen-bond acceptors (Lipinski definition) is 2. The zero-order valence-electron chi connectivity index (χ0n) is 8.72. The SMILES string of the molecule is CC1(C(F)(F)F)OC(F)=C(F)O1.FC(F)=C=C(F)F. The van der Waals surface area contributed by atoms with Gasteiger partial charge in [0, 0.05) is 12.7 Å². The average Bonchev–Trinajstić information content (AvgIpc) is 2.39. The molecule has 0 amide bonds. The lowest BCUT2D eigenvalue weighted by atomic mass is 10.3. The molecule has 0 radical (unpaired) electrons. The van der Waals surface area contributed by atoms with Crippen LogP contribution in [-0.2, 0) is 9.47 Å². The van der Waals surface area contributed by atoms with Gasteiger partial charge in [-0.15, -0.1) is 0 Å². The second-order valence-corrected chi connectivity index (χ2v) is 2.84. The van der Waals surface area contributed by atoms with Crippen LogP contribution in [0.4, 0.5) is 39.5 Å². The van der Waals surface area contributed by atoms with Gasteiger partial charge in [0.05, 0.1) is 0 Å². The summed E-state index contributed by atoms with van der Waals surface area (Å²) >= 11 is 0. The number of hydrogen-bond donors (Lipinski definition) is 0. The molecule has 0 aliphatic carbocycles. The Morgan fingerprint density at radius 1 is 0.947 bits per heavy atom. The van der Waals surface area contributed by atoms with Gasteiger partial charge in [0.15, 0.2) is 0 Å². The van der Waals surface area contributed by atoms with E-state index in [0.29, 0.717) is 12.7 Å². The van der Waals surface area contributed by atoms with E-state index in [1.165, 1.54) is 0 Å². The zero-order valence-corrected chi connectivity index (χ0v) is 8.72. The first-order chi connectivity index (χ1) is 8.39. The summed E-state index contributed by atoms with van der Waals surface area (Å²) in [6.07, 6.45) is -9.99. The van der Waals surface area contributed by atoms with Crippen LogP contribution in [0, 0.1) is 0 Å². The maximum atomic E-state index is 12.0. The molecule has 19 heavy (non-hydrogen) atoms. The second kappa shape index (κ2) is 5.91. The minimum absolute atomic E-state index is 0.374. The van der Waals surface area contributed by atoms with Crippen molar-refractivity contribution in [2.45, 2.75) is 18.9 Å². The largest absolute Gasteiger partial charge is 0.467 e. The molecule has 1 aliphatic heterocycles. The summed E-state index contributed by atoms with van der Waals surface area (Å²) in [5.74, 6) is -3.25. The van der Waals surface area contributed by atoms with Gasteiger partial charge in [-0.3, -0.25) is 0 Å². The lowest BCUT2D eigenvalue weighted by molar-refractivity contribution is -0.338. The summed E-state index contributed by atoms with van der Waals surface area (Å²) in [6, 6.07) is -3.98. The lowest BCUT2D eigenvalue weighted by Crippen LogP contribution is -2.43. The Kier molecular flexibility index (Phi) is 5.36. The van der Waals surface area contributed by atoms with E-state index in [-0.39, 0.29) is 0 Å². The van der Waals surface area contributed by atoms with E-state index >= 15 is 0 Å². The normalized spacial score (nSPS) is 16.7. The van der Waals surface area contributed by atoms with E-state index in [4.69, 9.17) is 0 Å². The standard InChI is InChI=1S/C5H3F5O2.C3F4/c1-4(5(8,9)10)11-2(6)3(7)12-4;4-2(5)1-3(6)7/h1H3;. The van der Waals surface area contributed by atoms with Crippen molar-refractivity contribution < 1.29 is 49.0 Å². The molecule has 0 unspecified atom stereocenters. The summed E-state index contributed by atoms with van der Waals surface area (Å²) in [5, 5.41) is 0. The van der Waals surface area contributed by atoms with Crippen LogP contribution in [0.1, 0.15) is 6.92 Å². The molecule has 1 heterocycles. The highest BCUT2D eigenvalue weighted by molar-refractivity contribution is 4.96. The van der Waals surface area contributed by atoms with E-state index in [0.717, 1.165) is 0 Å². The van der Waals surface area contributed by atoms with Crippen LogP contribution < -0.4 is 0 Å². The van der Waals surface area contributed by atoms with Crippen molar-refractivity contribution >= 4 is 0 Å². The zero-order chi connectivity index (χ0) is 15.4. The fourth-order valence-corrected chi connectivity index (χ4v) is 0.630. The molecule has 0 spiro atoms. The van der Waals surface area contributed by atoms with Gasteiger partial charge in [0.25, 0.3) is 0 Å². The maximum Gasteiger partial charge on any atom is 0.467 e. The molecule has 0 atom stereocenters. The fraction of sp³-hybridized carbons (Fsp3) is 0.375. The van der Waals surface area contributed by atoms with Crippen LogP contribution >= 0.6 is 0 Å². The highest BCUT2D eigenvalue weighted by Gasteiger charge is 2.61. The van der Waals surface area contributed by atoms with Gasteiger partial charge < -0.3 is 9.47 Å². The molecule has 0 saturated carbocycles. The van der Waals surface area contributed by atoms with Gasteiger partial charge >= 0.3 is 36.2 Å². The van der Waals surface area contributed by atoms with Crippen LogP contribution in [0.5, 0.6) is 0 Å². The molecule has 0 aromatic carbocycles. The molecule has 11 heteroatoms. The summed E-state index contributed by atoms with van der Waals surface area (Å²) < 4.78 is 109. The molecule has 0 fully saturated rings. The molecule has 0 N–H and O–H groups in total. The minimum Gasteiger partial charge on any atom is -0.414 e. The van der Waals surface area contributed by atoms with Crippen molar-refractivity contribution in [1.29, 1.82) is 0 Å². The Morgan fingerprint density at radius 2 is 1.26 bits per heavy atom. The molecule has 1 aliphatic rings. The quantitative estimate of drug-likeness (QED) is 0.484. The fourth-order valence-electron chi connectivity index (χ4n) is 0.630. The van der Waals surface area contributed by atoms with Crippen LogP contribution in [-0.4, -0.2) is 12.0 Å². The van der Waals surface area contributed by atoms with Crippen molar-refractivity contribution in [2.24, 2.45) is 0 Å². The van der Waals surface area contributed by atoms with Crippen molar-refractivity contribution in [3.05, 3.63) is 29.9 Å². The molecule has 1 rings (SSSR count). The smallest absolute Gasteiger partial charge is 0.414 e. The average molecular weight is 302 g/mol. The third-order valence-corrected chi connectivity index (χ3v) is 1.43. The predicted molar refractivity (Wildman–Crippen MR) is 40.8 cm³/mol. The maximum absolute atomic E-state index is 12.0. The van der Waals surface area contributed by atoms with Crippen LogP contribution in [0.25, 0.3) is 0 Å². The van der Waals surface area contributed by atoms with Crippen molar-refractivity contribution in [3.63, 3.8) is 0 Å². The summed E-state index contributed by atoms with van der Waals surface area (Å²) in [6.45, 7) is 0.374. The van der Waals surface area contributed by atoms with Gasteiger partial charge in [-0.05, 0) is 0 Å². The first-order valence-electron chi connectivity index (χ1n) is 4.02. The van der Waals surface area contributed by atoms with Crippen LogP contribution in [0.3, 0.4) is 0 Å². The van der Waals surface area contributed by atoms with Gasteiger partial charge in [0.2, 0.25) is 0 Å². The van der Waals surface area contributed by atoms with Crippen LogP contribution in [0.15, 0.2) is 29.9 Å². The Hall–Kier alpha value is -1.77. The van der Waals surface area contributed by atoms with Crippen molar-refractivity contribution in [2.75, 3.05) is 0 Å². The topological polar surface area (TPSA) is 18.5 Å². The van der Waals surface area contributed by atoms with E-state index in [9.17, 15) is 39.5 Å². The third kappa shape index (κ3) is 5.16. The number of ether oxygens (including phenoxy) is 2.